The number of para-hydroxylation sites is 1. The van der Waals surface area contributed by atoms with Crippen LogP contribution in [0.4, 0.5) is 0 Å². The molecule has 1 aromatic carbocycles. The highest BCUT2D eigenvalue weighted by atomic mass is 16.6. The van der Waals surface area contributed by atoms with Gasteiger partial charge in [0.1, 0.15) is 0 Å². The van der Waals surface area contributed by atoms with Gasteiger partial charge in [-0.15, -0.1) is 0 Å². The van der Waals surface area contributed by atoms with E-state index in [0.29, 0.717) is 18.7 Å². The molecular weight excluding hydrogens is 342 g/mol. The SMILES string of the molecule is O=C(c1cnn(-c2ccccc2)c1)N1CC[C@@]2(C[C@H](OCC3CC3)CO2)C1. The van der Waals surface area contributed by atoms with E-state index in [1.54, 1.807) is 17.1 Å². The number of rotatable bonds is 5. The first-order valence-electron chi connectivity index (χ1n) is 9.86. The molecular formula is C21H25N3O3. The van der Waals surface area contributed by atoms with E-state index < -0.39 is 0 Å². The van der Waals surface area contributed by atoms with Crippen molar-refractivity contribution in [1.82, 2.24) is 14.7 Å². The molecule has 1 saturated carbocycles. The van der Waals surface area contributed by atoms with Crippen LogP contribution in [0.2, 0.25) is 0 Å². The van der Waals surface area contributed by atoms with Gasteiger partial charge in [0.05, 0.1) is 42.3 Å². The van der Waals surface area contributed by atoms with E-state index in [4.69, 9.17) is 9.47 Å². The van der Waals surface area contributed by atoms with E-state index in [0.717, 1.165) is 37.6 Å². The third-order valence-corrected chi connectivity index (χ3v) is 5.89. The number of likely N-dealkylation sites (tertiary alicyclic amines) is 1. The van der Waals surface area contributed by atoms with Gasteiger partial charge in [0.25, 0.3) is 5.91 Å². The van der Waals surface area contributed by atoms with Crippen molar-refractivity contribution < 1.29 is 14.3 Å². The third-order valence-electron chi connectivity index (χ3n) is 5.89. The van der Waals surface area contributed by atoms with Crippen molar-refractivity contribution in [3.8, 4) is 5.69 Å². The minimum absolute atomic E-state index is 0.0278. The second kappa shape index (κ2) is 6.77. The highest BCUT2D eigenvalue weighted by Crippen LogP contribution is 2.38. The molecule has 0 N–H and O–H groups in total. The Labute approximate surface area is 159 Å². The molecule has 142 valence electrons. The Morgan fingerprint density at radius 3 is 2.96 bits per heavy atom. The summed E-state index contributed by atoms with van der Waals surface area (Å²) in [5.41, 5.74) is 1.35. The summed E-state index contributed by atoms with van der Waals surface area (Å²) in [5.74, 6) is 0.796. The average Bonchev–Trinajstić information content (AvgIpc) is 3.11. The maximum absolute atomic E-state index is 12.9. The number of amides is 1. The fourth-order valence-electron chi connectivity index (χ4n) is 4.11. The van der Waals surface area contributed by atoms with Crippen LogP contribution in [-0.2, 0) is 9.47 Å². The number of ether oxygens (including phenoxy) is 2. The molecule has 1 amide bonds. The highest BCUT2D eigenvalue weighted by molar-refractivity contribution is 5.94. The molecule has 0 bridgehead atoms. The number of nitrogens with zero attached hydrogens (tertiary/aromatic N) is 3. The number of aromatic nitrogens is 2. The molecule has 1 aliphatic carbocycles. The van der Waals surface area contributed by atoms with E-state index in [2.05, 4.69) is 5.10 Å². The summed E-state index contributed by atoms with van der Waals surface area (Å²) in [6.45, 7) is 2.89. The Morgan fingerprint density at radius 2 is 2.15 bits per heavy atom. The Bertz CT molecular complexity index is 817. The lowest BCUT2D eigenvalue weighted by Crippen LogP contribution is -2.36. The lowest BCUT2D eigenvalue weighted by Gasteiger charge is -2.23. The van der Waals surface area contributed by atoms with Crippen molar-refractivity contribution in [2.75, 3.05) is 26.3 Å². The van der Waals surface area contributed by atoms with Gasteiger partial charge in [-0.1, -0.05) is 18.2 Å². The number of carbonyl (C=O) groups excluding carboxylic acids is 1. The lowest BCUT2D eigenvalue weighted by atomic mass is 9.98. The standard InChI is InChI=1S/C21H25N3O3/c25-20(17-11-22-24(12-17)18-4-2-1-3-5-18)23-9-8-21(15-23)10-19(14-27-21)26-13-16-6-7-16/h1-5,11-12,16,19H,6-10,13-15H2/t19-,21+/m0/s1. The van der Waals surface area contributed by atoms with Gasteiger partial charge in [0, 0.05) is 25.8 Å². The number of hydrogen-bond acceptors (Lipinski definition) is 4. The van der Waals surface area contributed by atoms with Gasteiger partial charge in [-0.3, -0.25) is 4.79 Å². The fourth-order valence-corrected chi connectivity index (χ4v) is 4.11. The molecule has 2 aromatic rings. The molecule has 2 atom stereocenters. The van der Waals surface area contributed by atoms with Crippen molar-refractivity contribution in [1.29, 1.82) is 0 Å². The molecule has 0 radical (unpaired) electrons. The van der Waals surface area contributed by atoms with Gasteiger partial charge in [-0.25, -0.2) is 4.68 Å². The summed E-state index contributed by atoms with van der Waals surface area (Å²) >= 11 is 0. The highest BCUT2D eigenvalue weighted by Gasteiger charge is 2.47. The van der Waals surface area contributed by atoms with Crippen LogP contribution in [0.3, 0.4) is 0 Å². The topological polar surface area (TPSA) is 56.6 Å². The van der Waals surface area contributed by atoms with Crippen molar-refractivity contribution in [3.05, 3.63) is 48.3 Å². The molecule has 2 aliphatic heterocycles. The molecule has 6 nitrogen and oxygen atoms in total. The quantitative estimate of drug-likeness (QED) is 0.815. The first-order valence-corrected chi connectivity index (χ1v) is 9.86. The molecule has 27 heavy (non-hydrogen) atoms. The normalized spacial score (nSPS) is 27.6. The van der Waals surface area contributed by atoms with Gasteiger partial charge in [-0.2, -0.15) is 5.10 Å². The maximum Gasteiger partial charge on any atom is 0.257 e. The maximum atomic E-state index is 12.9. The monoisotopic (exact) mass is 367 g/mol. The number of carbonyl (C=O) groups is 1. The molecule has 3 aliphatic rings. The summed E-state index contributed by atoms with van der Waals surface area (Å²) in [6.07, 6.45) is 8.02. The predicted molar refractivity (Wildman–Crippen MR) is 99.8 cm³/mol. The van der Waals surface area contributed by atoms with Gasteiger partial charge in [0.15, 0.2) is 0 Å². The van der Waals surface area contributed by atoms with Crippen LogP contribution in [0.1, 0.15) is 36.0 Å². The van der Waals surface area contributed by atoms with Crippen LogP contribution in [0, 0.1) is 5.92 Å². The minimum atomic E-state index is -0.223. The molecule has 0 unspecified atom stereocenters. The van der Waals surface area contributed by atoms with Crippen LogP contribution in [0.15, 0.2) is 42.7 Å². The smallest absolute Gasteiger partial charge is 0.257 e. The summed E-state index contributed by atoms with van der Waals surface area (Å²) in [5, 5.41) is 4.34. The number of benzene rings is 1. The molecule has 1 spiro atoms. The van der Waals surface area contributed by atoms with Gasteiger partial charge >= 0.3 is 0 Å². The van der Waals surface area contributed by atoms with E-state index >= 15 is 0 Å². The van der Waals surface area contributed by atoms with Crippen LogP contribution >= 0.6 is 0 Å². The summed E-state index contributed by atoms with van der Waals surface area (Å²) in [7, 11) is 0. The van der Waals surface area contributed by atoms with E-state index in [9.17, 15) is 4.79 Å². The van der Waals surface area contributed by atoms with E-state index in [1.807, 2.05) is 35.2 Å². The van der Waals surface area contributed by atoms with Gasteiger partial charge in [0.2, 0.25) is 0 Å². The van der Waals surface area contributed by atoms with Crippen LogP contribution in [0.5, 0.6) is 0 Å². The largest absolute Gasteiger partial charge is 0.375 e. The summed E-state index contributed by atoms with van der Waals surface area (Å²) in [4.78, 5) is 14.8. The lowest BCUT2D eigenvalue weighted by molar-refractivity contribution is 0.00157. The van der Waals surface area contributed by atoms with Crippen LogP contribution in [-0.4, -0.2) is 58.6 Å². The van der Waals surface area contributed by atoms with Crippen LogP contribution in [0.25, 0.3) is 5.69 Å². The molecule has 1 aromatic heterocycles. The van der Waals surface area contributed by atoms with Crippen molar-refractivity contribution in [2.45, 2.75) is 37.4 Å². The Morgan fingerprint density at radius 1 is 1.30 bits per heavy atom. The Kier molecular flexibility index (Phi) is 4.25. The summed E-state index contributed by atoms with van der Waals surface area (Å²) in [6, 6.07) is 9.83. The van der Waals surface area contributed by atoms with E-state index in [1.165, 1.54) is 12.8 Å². The zero-order valence-electron chi connectivity index (χ0n) is 15.4. The minimum Gasteiger partial charge on any atom is -0.375 e. The number of hydrogen-bond donors (Lipinski definition) is 0. The predicted octanol–water partition coefficient (Wildman–Crippen LogP) is 2.67. The Balaban J connectivity index is 1.21. The average molecular weight is 367 g/mol. The zero-order chi connectivity index (χ0) is 18.3. The second-order valence-electron chi connectivity index (χ2n) is 8.08. The molecule has 2 saturated heterocycles. The van der Waals surface area contributed by atoms with Crippen LogP contribution < -0.4 is 0 Å². The third kappa shape index (κ3) is 3.51. The molecule has 5 rings (SSSR count). The molecule has 6 heteroatoms. The van der Waals surface area contributed by atoms with Gasteiger partial charge in [-0.05, 0) is 37.3 Å². The first kappa shape index (κ1) is 17.0. The van der Waals surface area contributed by atoms with E-state index in [-0.39, 0.29) is 17.6 Å². The fraction of sp³-hybridized carbons (Fsp3) is 0.524. The zero-order valence-corrected chi connectivity index (χ0v) is 15.4. The Hall–Kier alpha value is -2.18. The van der Waals surface area contributed by atoms with Crippen molar-refractivity contribution in [3.63, 3.8) is 0 Å². The first-order chi connectivity index (χ1) is 13.2. The summed E-state index contributed by atoms with van der Waals surface area (Å²) < 4.78 is 13.9. The van der Waals surface area contributed by atoms with Gasteiger partial charge < -0.3 is 14.4 Å². The van der Waals surface area contributed by atoms with Crippen molar-refractivity contribution >= 4 is 5.91 Å². The van der Waals surface area contributed by atoms with Crippen molar-refractivity contribution in [2.24, 2.45) is 5.92 Å². The molecule has 3 heterocycles. The second-order valence-corrected chi connectivity index (χ2v) is 8.08. The molecule has 3 fully saturated rings.